The molecule has 19 heavy (non-hydrogen) atoms. The topological polar surface area (TPSA) is 24.5 Å². The number of hydrogen-bond donors (Lipinski definition) is 1. The Hall–Kier alpha value is -0.970. The van der Waals surface area contributed by atoms with Crippen molar-refractivity contribution in [3.8, 4) is 0 Å². The van der Waals surface area contributed by atoms with Crippen LogP contribution in [0.15, 0.2) is 24.3 Å². The molecule has 2 rings (SSSR count). The molecule has 3 nitrogen and oxygen atoms in total. The monoisotopic (exact) mass is 266 g/mol. The van der Waals surface area contributed by atoms with Gasteiger partial charge in [-0.25, -0.2) is 4.39 Å². The van der Waals surface area contributed by atoms with Gasteiger partial charge in [-0.2, -0.15) is 0 Å². The molecule has 0 radical (unpaired) electrons. The fourth-order valence-corrected chi connectivity index (χ4v) is 2.35. The number of hydrogen-bond acceptors (Lipinski definition) is 3. The highest BCUT2D eigenvalue weighted by Crippen LogP contribution is 2.10. The Morgan fingerprint density at radius 2 is 2.37 bits per heavy atom. The van der Waals surface area contributed by atoms with Gasteiger partial charge in [0.25, 0.3) is 0 Å². The number of rotatable bonds is 7. The van der Waals surface area contributed by atoms with Crippen molar-refractivity contribution in [3.63, 3.8) is 0 Å². The average Bonchev–Trinajstić information content (AvgIpc) is 2.88. The summed E-state index contributed by atoms with van der Waals surface area (Å²) >= 11 is 0. The number of halogens is 1. The van der Waals surface area contributed by atoms with Crippen LogP contribution in [0.4, 0.5) is 4.39 Å². The van der Waals surface area contributed by atoms with Crippen molar-refractivity contribution in [2.75, 3.05) is 39.9 Å². The molecule has 1 atom stereocenters. The Bertz CT molecular complexity index is 380. The predicted molar refractivity (Wildman–Crippen MR) is 74.5 cm³/mol. The molecular weight excluding hydrogens is 243 g/mol. The van der Waals surface area contributed by atoms with E-state index in [0.29, 0.717) is 5.92 Å². The molecular formula is C15H23FN2O. The van der Waals surface area contributed by atoms with Crippen LogP contribution in [0.25, 0.3) is 0 Å². The van der Waals surface area contributed by atoms with Crippen LogP contribution in [0, 0.1) is 11.7 Å². The summed E-state index contributed by atoms with van der Waals surface area (Å²) in [6.07, 6.45) is 1.17. The SMILES string of the molecule is CN(CCNCC1CCOC1)Cc1cccc(F)c1. The van der Waals surface area contributed by atoms with E-state index in [-0.39, 0.29) is 5.82 Å². The molecule has 1 aromatic rings. The van der Waals surface area contributed by atoms with Crippen LogP contribution in [0.1, 0.15) is 12.0 Å². The summed E-state index contributed by atoms with van der Waals surface area (Å²) in [5.74, 6) is 0.513. The van der Waals surface area contributed by atoms with Crippen LogP contribution in [0.2, 0.25) is 0 Å². The van der Waals surface area contributed by atoms with Gasteiger partial charge in [0.1, 0.15) is 5.82 Å². The molecule has 1 fully saturated rings. The lowest BCUT2D eigenvalue weighted by molar-refractivity contribution is 0.185. The minimum Gasteiger partial charge on any atom is -0.381 e. The van der Waals surface area contributed by atoms with Crippen LogP contribution >= 0.6 is 0 Å². The van der Waals surface area contributed by atoms with Gasteiger partial charge in [-0.15, -0.1) is 0 Å². The number of nitrogens with one attached hydrogen (secondary N) is 1. The largest absolute Gasteiger partial charge is 0.381 e. The molecule has 0 aromatic heterocycles. The molecule has 0 amide bonds. The molecule has 1 unspecified atom stereocenters. The highest BCUT2D eigenvalue weighted by atomic mass is 19.1. The summed E-state index contributed by atoms with van der Waals surface area (Å²) < 4.78 is 18.4. The van der Waals surface area contributed by atoms with Crippen LogP contribution in [0.5, 0.6) is 0 Å². The number of likely N-dealkylation sites (N-methyl/N-ethyl adjacent to an activating group) is 1. The smallest absolute Gasteiger partial charge is 0.123 e. The summed E-state index contributed by atoms with van der Waals surface area (Å²) in [5, 5.41) is 3.46. The van der Waals surface area contributed by atoms with Crippen molar-refractivity contribution >= 4 is 0 Å². The highest BCUT2D eigenvalue weighted by Gasteiger charge is 2.14. The van der Waals surface area contributed by atoms with E-state index in [0.717, 1.165) is 45.0 Å². The van der Waals surface area contributed by atoms with Gasteiger partial charge in [0.15, 0.2) is 0 Å². The summed E-state index contributed by atoms with van der Waals surface area (Å²) in [5.41, 5.74) is 1.02. The standard InChI is InChI=1S/C15H23FN2O/c1-18(11-13-3-2-4-15(16)9-13)7-6-17-10-14-5-8-19-12-14/h2-4,9,14,17H,5-8,10-12H2,1H3. The summed E-state index contributed by atoms with van der Waals surface area (Å²) in [6, 6.07) is 6.80. The van der Waals surface area contributed by atoms with Crippen molar-refractivity contribution in [2.45, 2.75) is 13.0 Å². The number of ether oxygens (including phenoxy) is 1. The molecule has 0 bridgehead atoms. The Morgan fingerprint density at radius 3 is 3.11 bits per heavy atom. The van der Waals surface area contributed by atoms with E-state index in [1.54, 1.807) is 12.1 Å². The second-order valence-electron chi connectivity index (χ2n) is 5.30. The lowest BCUT2D eigenvalue weighted by Gasteiger charge is -2.18. The van der Waals surface area contributed by atoms with E-state index in [9.17, 15) is 4.39 Å². The van der Waals surface area contributed by atoms with E-state index in [1.165, 1.54) is 12.5 Å². The zero-order valence-corrected chi connectivity index (χ0v) is 11.6. The zero-order valence-electron chi connectivity index (χ0n) is 11.6. The molecule has 4 heteroatoms. The molecule has 1 N–H and O–H groups in total. The van der Waals surface area contributed by atoms with Crippen molar-refractivity contribution in [2.24, 2.45) is 5.92 Å². The van der Waals surface area contributed by atoms with Gasteiger partial charge in [-0.3, -0.25) is 0 Å². The Labute approximate surface area is 114 Å². The molecule has 1 aliphatic rings. The first kappa shape index (κ1) is 14.4. The molecule has 0 spiro atoms. The fourth-order valence-electron chi connectivity index (χ4n) is 2.35. The Balaban J connectivity index is 1.60. The van der Waals surface area contributed by atoms with Crippen molar-refractivity contribution in [1.29, 1.82) is 0 Å². The lowest BCUT2D eigenvalue weighted by Crippen LogP contribution is -2.32. The Kier molecular flexibility index (Phi) is 5.76. The maximum atomic E-state index is 13.1. The summed E-state index contributed by atoms with van der Waals surface area (Å²) in [7, 11) is 2.06. The van der Waals surface area contributed by atoms with Gasteiger partial charge in [0, 0.05) is 32.8 Å². The number of nitrogens with zero attached hydrogens (tertiary/aromatic N) is 1. The maximum absolute atomic E-state index is 13.1. The minimum absolute atomic E-state index is 0.162. The molecule has 1 saturated heterocycles. The van der Waals surface area contributed by atoms with E-state index in [4.69, 9.17) is 4.74 Å². The lowest BCUT2D eigenvalue weighted by atomic mass is 10.1. The van der Waals surface area contributed by atoms with Crippen molar-refractivity contribution in [3.05, 3.63) is 35.6 Å². The van der Waals surface area contributed by atoms with Crippen molar-refractivity contribution in [1.82, 2.24) is 10.2 Å². The average molecular weight is 266 g/mol. The molecule has 0 saturated carbocycles. The molecule has 1 heterocycles. The molecule has 1 aliphatic heterocycles. The third-order valence-corrected chi connectivity index (χ3v) is 3.47. The third-order valence-electron chi connectivity index (χ3n) is 3.47. The van der Waals surface area contributed by atoms with Gasteiger partial charge >= 0.3 is 0 Å². The minimum atomic E-state index is -0.162. The second-order valence-corrected chi connectivity index (χ2v) is 5.30. The zero-order chi connectivity index (χ0) is 13.5. The van der Waals surface area contributed by atoms with Crippen LogP contribution in [-0.2, 0) is 11.3 Å². The first-order valence-corrected chi connectivity index (χ1v) is 6.95. The fraction of sp³-hybridized carbons (Fsp3) is 0.600. The maximum Gasteiger partial charge on any atom is 0.123 e. The van der Waals surface area contributed by atoms with E-state index in [1.807, 2.05) is 6.07 Å². The molecule has 1 aromatic carbocycles. The van der Waals surface area contributed by atoms with Gasteiger partial charge in [0.05, 0.1) is 6.61 Å². The Morgan fingerprint density at radius 1 is 1.47 bits per heavy atom. The highest BCUT2D eigenvalue weighted by molar-refractivity contribution is 5.15. The van der Waals surface area contributed by atoms with Crippen molar-refractivity contribution < 1.29 is 9.13 Å². The first-order chi connectivity index (χ1) is 9.24. The van der Waals surface area contributed by atoms with Crippen LogP contribution < -0.4 is 5.32 Å². The molecule has 0 aliphatic carbocycles. The molecule has 106 valence electrons. The van der Waals surface area contributed by atoms with E-state index in [2.05, 4.69) is 17.3 Å². The number of benzene rings is 1. The summed E-state index contributed by atoms with van der Waals surface area (Å²) in [6.45, 7) is 5.55. The van der Waals surface area contributed by atoms with Gasteiger partial charge in [-0.05, 0) is 37.1 Å². The van der Waals surface area contributed by atoms with E-state index >= 15 is 0 Å². The first-order valence-electron chi connectivity index (χ1n) is 6.95. The second kappa shape index (κ2) is 7.58. The normalized spacial score (nSPS) is 19.2. The van der Waals surface area contributed by atoms with Gasteiger partial charge in [-0.1, -0.05) is 12.1 Å². The third kappa shape index (κ3) is 5.27. The predicted octanol–water partition coefficient (Wildman–Crippen LogP) is 1.88. The van der Waals surface area contributed by atoms with Crippen LogP contribution in [-0.4, -0.2) is 44.8 Å². The quantitative estimate of drug-likeness (QED) is 0.763. The van der Waals surface area contributed by atoms with Crippen LogP contribution in [0.3, 0.4) is 0 Å². The van der Waals surface area contributed by atoms with E-state index < -0.39 is 0 Å². The van der Waals surface area contributed by atoms with Gasteiger partial charge < -0.3 is 15.0 Å². The summed E-state index contributed by atoms with van der Waals surface area (Å²) in [4.78, 5) is 2.20. The van der Waals surface area contributed by atoms with Gasteiger partial charge in [0.2, 0.25) is 0 Å².